The Labute approximate surface area is 140 Å². The smallest absolute Gasteiger partial charge is 0.433 e. The topological polar surface area (TPSA) is 59.1 Å². The maximum absolute atomic E-state index is 12.8. The van der Waals surface area contributed by atoms with E-state index in [9.17, 15) is 17.6 Å². The summed E-state index contributed by atoms with van der Waals surface area (Å²) in [7, 11) is 1.19. The molecular formula is C14H12F4N4OS. The van der Waals surface area contributed by atoms with E-state index >= 15 is 0 Å². The summed E-state index contributed by atoms with van der Waals surface area (Å²) in [5, 5.41) is 5.23. The molecule has 0 fully saturated rings. The Kier molecular flexibility index (Phi) is 5.50. The second kappa shape index (κ2) is 7.39. The molecule has 0 bridgehead atoms. The lowest BCUT2D eigenvalue weighted by Crippen LogP contribution is -2.29. The zero-order valence-electron chi connectivity index (χ0n) is 12.3. The van der Waals surface area contributed by atoms with Crippen LogP contribution in [0, 0.1) is 5.82 Å². The van der Waals surface area contributed by atoms with Crippen LogP contribution < -0.4 is 15.4 Å². The van der Waals surface area contributed by atoms with E-state index in [-0.39, 0.29) is 29.3 Å². The van der Waals surface area contributed by atoms with Gasteiger partial charge in [0.05, 0.1) is 7.11 Å². The molecule has 128 valence electrons. The normalized spacial score (nSPS) is 11.0. The van der Waals surface area contributed by atoms with E-state index in [2.05, 4.69) is 20.6 Å². The third kappa shape index (κ3) is 5.01. The zero-order chi connectivity index (χ0) is 17.7. The molecule has 1 heterocycles. The minimum absolute atomic E-state index is 0.0145. The highest BCUT2D eigenvalue weighted by atomic mass is 32.1. The van der Waals surface area contributed by atoms with E-state index in [4.69, 9.17) is 17.0 Å². The van der Waals surface area contributed by atoms with Gasteiger partial charge in [0.25, 0.3) is 0 Å². The molecule has 5 nitrogen and oxygen atoms in total. The van der Waals surface area contributed by atoms with Gasteiger partial charge in [-0.3, -0.25) is 0 Å². The lowest BCUT2D eigenvalue weighted by atomic mass is 10.2. The van der Waals surface area contributed by atoms with E-state index in [1.54, 1.807) is 12.1 Å². The fourth-order valence-corrected chi connectivity index (χ4v) is 1.82. The van der Waals surface area contributed by atoms with Gasteiger partial charge in [0.1, 0.15) is 5.82 Å². The maximum Gasteiger partial charge on any atom is 0.433 e. The third-order valence-electron chi connectivity index (χ3n) is 2.79. The minimum atomic E-state index is -4.64. The number of halogens is 4. The Balaban J connectivity index is 2.04. The number of rotatable bonds is 4. The van der Waals surface area contributed by atoms with Crippen LogP contribution in [0.25, 0.3) is 0 Å². The number of alkyl halides is 3. The van der Waals surface area contributed by atoms with Gasteiger partial charge in [0.15, 0.2) is 10.8 Å². The van der Waals surface area contributed by atoms with Crippen LogP contribution in [0.15, 0.2) is 30.3 Å². The molecule has 24 heavy (non-hydrogen) atoms. The van der Waals surface area contributed by atoms with Crippen molar-refractivity contribution in [1.82, 2.24) is 15.3 Å². The van der Waals surface area contributed by atoms with Gasteiger partial charge in [-0.2, -0.15) is 18.2 Å². The average Bonchev–Trinajstić information content (AvgIpc) is 2.53. The number of benzene rings is 1. The highest BCUT2D eigenvalue weighted by Gasteiger charge is 2.34. The molecule has 0 aliphatic rings. The fraction of sp³-hybridized carbons (Fsp3) is 0.214. The molecule has 0 saturated heterocycles. The summed E-state index contributed by atoms with van der Waals surface area (Å²) in [5.41, 5.74) is -0.415. The Morgan fingerprint density at radius 2 is 1.88 bits per heavy atom. The molecule has 0 aliphatic heterocycles. The maximum atomic E-state index is 12.8. The van der Waals surface area contributed by atoms with E-state index in [0.29, 0.717) is 6.07 Å². The molecule has 0 spiro atoms. The van der Waals surface area contributed by atoms with Crippen molar-refractivity contribution < 1.29 is 22.3 Å². The van der Waals surface area contributed by atoms with Crippen LogP contribution in [0.3, 0.4) is 0 Å². The fourth-order valence-electron chi connectivity index (χ4n) is 1.66. The molecule has 0 saturated carbocycles. The van der Waals surface area contributed by atoms with Crippen LogP contribution in [-0.2, 0) is 12.7 Å². The van der Waals surface area contributed by atoms with Gasteiger partial charge in [0.2, 0.25) is 11.8 Å². The molecule has 1 aromatic heterocycles. The first-order chi connectivity index (χ1) is 11.3. The Bertz CT molecular complexity index is 722. The second-order valence-corrected chi connectivity index (χ2v) is 4.96. The molecule has 0 atom stereocenters. The highest BCUT2D eigenvalue weighted by molar-refractivity contribution is 7.80. The van der Waals surface area contributed by atoms with Gasteiger partial charge < -0.3 is 15.4 Å². The molecule has 2 rings (SSSR count). The van der Waals surface area contributed by atoms with Gasteiger partial charge >= 0.3 is 6.18 Å². The van der Waals surface area contributed by atoms with Crippen molar-refractivity contribution in [2.45, 2.75) is 12.7 Å². The van der Waals surface area contributed by atoms with Crippen molar-refractivity contribution in [3.05, 3.63) is 47.4 Å². The van der Waals surface area contributed by atoms with Crippen molar-refractivity contribution in [2.75, 3.05) is 12.4 Å². The number of ether oxygens (including phenoxy) is 1. The first-order valence-corrected chi connectivity index (χ1v) is 6.98. The van der Waals surface area contributed by atoms with Gasteiger partial charge in [-0.05, 0) is 29.9 Å². The summed E-state index contributed by atoms with van der Waals surface area (Å²) < 4.78 is 55.8. The van der Waals surface area contributed by atoms with Crippen LogP contribution in [0.4, 0.5) is 23.5 Å². The van der Waals surface area contributed by atoms with Crippen molar-refractivity contribution in [3.63, 3.8) is 0 Å². The first-order valence-electron chi connectivity index (χ1n) is 6.57. The lowest BCUT2D eigenvalue weighted by molar-refractivity contribution is -0.141. The summed E-state index contributed by atoms with van der Waals surface area (Å²) in [6, 6.07) is 6.35. The molecule has 0 aliphatic carbocycles. The molecule has 2 N–H and O–H groups in total. The number of thiocarbonyl (C=S) groups is 1. The number of nitrogens with zero attached hydrogens (tertiary/aromatic N) is 2. The predicted octanol–water partition coefficient (Wildman–Crippen LogP) is 3.13. The number of methoxy groups -OCH3 is 1. The minimum Gasteiger partial charge on any atom is -0.481 e. The van der Waals surface area contributed by atoms with Crippen LogP contribution in [0.1, 0.15) is 11.3 Å². The molecular weight excluding hydrogens is 348 g/mol. The summed E-state index contributed by atoms with van der Waals surface area (Å²) >= 11 is 4.98. The monoisotopic (exact) mass is 360 g/mol. The largest absolute Gasteiger partial charge is 0.481 e. The first kappa shape index (κ1) is 17.9. The molecule has 0 amide bonds. The standard InChI is InChI=1S/C14H12F4N4OS/c1-23-11-6-10(14(16,17)18)20-12(21-11)22-13(24)19-7-8-2-4-9(15)5-3-8/h2-6H,7H2,1H3,(H2,19,20,21,22,24). The van der Waals surface area contributed by atoms with E-state index < -0.39 is 11.9 Å². The number of nitrogens with one attached hydrogen (secondary N) is 2. The van der Waals surface area contributed by atoms with E-state index in [1.807, 2.05) is 0 Å². The summed E-state index contributed by atoms with van der Waals surface area (Å²) in [5.74, 6) is -0.969. The summed E-state index contributed by atoms with van der Waals surface area (Å²) in [4.78, 5) is 7.11. The van der Waals surface area contributed by atoms with Crippen molar-refractivity contribution in [3.8, 4) is 5.88 Å². The molecule has 2 aromatic rings. The highest BCUT2D eigenvalue weighted by Crippen LogP contribution is 2.30. The van der Waals surface area contributed by atoms with Gasteiger partial charge in [-0.25, -0.2) is 9.37 Å². The van der Waals surface area contributed by atoms with Crippen molar-refractivity contribution >= 4 is 23.3 Å². The number of hydrogen-bond acceptors (Lipinski definition) is 4. The number of aromatic nitrogens is 2. The lowest BCUT2D eigenvalue weighted by Gasteiger charge is -2.12. The molecule has 0 radical (unpaired) electrons. The van der Waals surface area contributed by atoms with Gasteiger partial charge in [-0.15, -0.1) is 0 Å². The Morgan fingerprint density at radius 1 is 1.21 bits per heavy atom. The van der Waals surface area contributed by atoms with Crippen LogP contribution >= 0.6 is 12.2 Å². The molecule has 10 heteroatoms. The predicted molar refractivity (Wildman–Crippen MR) is 83.0 cm³/mol. The van der Waals surface area contributed by atoms with Crippen molar-refractivity contribution in [2.24, 2.45) is 0 Å². The SMILES string of the molecule is COc1cc(C(F)(F)F)nc(NC(=S)NCc2ccc(F)cc2)n1. The number of anilines is 1. The van der Waals surface area contributed by atoms with Crippen LogP contribution in [0.5, 0.6) is 5.88 Å². The number of hydrogen-bond donors (Lipinski definition) is 2. The third-order valence-corrected chi connectivity index (χ3v) is 3.04. The van der Waals surface area contributed by atoms with Gasteiger partial charge in [0, 0.05) is 12.6 Å². The molecule has 0 unspecified atom stereocenters. The van der Waals surface area contributed by atoms with E-state index in [1.165, 1.54) is 19.2 Å². The van der Waals surface area contributed by atoms with Gasteiger partial charge in [-0.1, -0.05) is 12.1 Å². The summed E-state index contributed by atoms with van der Waals surface area (Å²) in [6.45, 7) is 0.252. The second-order valence-electron chi connectivity index (χ2n) is 4.55. The quantitative estimate of drug-likeness (QED) is 0.645. The Hall–Kier alpha value is -2.49. The van der Waals surface area contributed by atoms with Crippen LogP contribution in [0.2, 0.25) is 0 Å². The average molecular weight is 360 g/mol. The van der Waals surface area contributed by atoms with Crippen LogP contribution in [-0.4, -0.2) is 22.2 Å². The van der Waals surface area contributed by atoms with E-state index in [0.717, 1.165) is 5.56 Å². The molecule has 1 aromatic carbocycles. The zero-order valence-corrected chi connectivity index (χ0v) is 13.1. The Morgan fingerprint density at radius 3 is 2.46 bits per heavy atom. The summed E-state index contributed by atoms with van der Waals surface area (Å²) in [6.07, 6.45) is -4.64. The van der Waals surface area contributed by atoms with Crippen molar-refractivity contribution in [1.29, 1.82) is 0 Å².